The lowest BCUT2D eigenvalue weighted by atomic mass is 9.81. The Morgan fingerprint density at radius 3 is 2.29 bits per heavy atom. The van der Waals surface area contributed by atoms with Crippen LogP contribution >= 0.6 is 0 Å². The number of carbonyl (C=O) groups is 4. The third kappa shape index (κ3) is 3.75. The molecule has 1 aromatic rings. The Morgan fingerprint density at radius 1 is 1.10 bits per heavy atom. The molecule has 0 aromatic heterocycles. The number of nitrogens with zero attached hydrogens (tertiary/aromatic N) is 1. The number of hydrogen-bond donors (Lipinski definition) is 1. The van der Waals surface area contributed by atoms with Gasteiger partial charge in [-0.2, -0.15) is 0 Å². The Kier molecular flexibility index (Phi) is 5.86. The molecule has 2 aliphatic carbocycles. The minimum atomic E-state index is -0.999. The van der Waals surface area contributed by atoms with Gasteiger partial charge in [0.05, 0.1) is 11.8 Å². The maximum Gasteiger partial charge on any atom is 0.330 e. The van der Waals surface area contributed by atoms with Crippen LogP contribution in [0.4, 0.5) is 5.69 Å². The van der Waals surface area contributed by atoms with E-state index in [9.17, 15) is 19.2 Å². The summed E-state index contributed by atoms with van der Waals surface area (Å²) in [6, 6.07) is 6.44. The molecule has 7 nitrogen and oxygen atoms in total. The molecule has 1 aromatic carbocycles. The Balaban J connectivity index is 1.42. The van der Waals surface area contributed by atoms with Gasteiger partial charge in [-0.15, -0.1) is 0 Å². The van der Waals surface area contributed by atoms with Crippen LogP contribution in [0.2, 0.25) is 0 Å². The van der Waals surface area contributed by atoms with Crippen molar-refractivity contribution in [3.8, 4) is 0 Å². The predicted molar refractivity (Wildman–Crippen MR) is 114 cm³/mol. The zero-order valence-corrected chi connectivity index (χ0v) is 18.3. The highest BCUT2D eigenvalue weighted by Gasteiger charge is 2.62. The number of amides is 3. The number of carbonyl (C=O) groups excluding carboxylic acids is 4. The summed E-state index contributed by atoms with van der Waals surface area (Å²) in [5.74, 6) is -1.99. The molecule has 1 saturated heterocycles. The van der Waals surface area contributed by atoms with Crippen LogP contribution in [-0.2, 0) is 30.3 Å². The summed E-state index contributed by atoms with van der Waals surface area (Å²) >= 11 is 0. The molecule has 1 N–H and O–H groups in total. The Hall–Kier alpha value is -2.70. The fourth-order valence-corrected chi connectivity index (χ4v) is 5.74. The van der Waals surface area contributed by atoms with Crippen molar-refractivity contribution in [3.63, 3.8) is 0 Å². The van der Waals surface area contributed by atoms with Crippen molar-refractivity contribution >= 4 is 29.4 Å². The van der Waals surface area contributed by atoms with Crippen molar-refractivity contribution < 1.29 is 23.9 Å². The van der Waals surface area contributed by atoms with E-state index in [1.807, 2.05) is 25.1 Å². The van der Waals surface area contributed by atoms with Gasteiger partial charge in [0.2, 0.25) is 11.8 Å². The topological polar surface area (TPSA) is 92.8 Å². The number of likely N-dealkylation sites (tertiary alicyclic amines) is 1. The van der Waals surface area contributed by atoms with Crippen molar-refractivity contribution in [3.05, 3.63) is 29.8 Å². The minimum Gasteiger partial charge on any atom is -0.454 e. The zero-order valence-electron chi connectivity index (χ0n) is 18.3. The first-order valence-corrected chi connectivity index (χ1v) is 11.2. The summed E-state index contributed by atoms with van der Waals surface area (Å²) in [5.41, 5.74) is 1.66. The molecular weight excluding hydrogens is 396 g/mol. The third-order valence-corrected chi connectivity index (χ3v) is 7.13. The van der Waals surface area contributed by atoms with Crippen LogP contribution in [-0.4, -0.2) is 41.2 Å². The molecule has 4 rings (SSSR count). The monoisotopic (exact) mass is 426 g/mol. The smallest absolute Gasteiger partial charge is 0.330 e. The second kappa shape index (κ2) is 8.44. The van der Waals surface area contributed by atoms with Crippen LogP contribution in [0.5, 0.6) is 0 Å². The van der Waals surface area contributed by atoms with Crippen molar-refractivity contribution in [2.45, 2.75) is 52.5 Å². The maximum absolute atomic E-state index is 13.1. The first kappa shape index (κ1) is 21.5. The molecule has 166 valence electrons. The fourth-order valence-electron chi connectivity index (χ4n) is 5.74. The van der Waals surface area contributed by atoms with Crippen LogP contribution in [0, 0.1) is 29.6 Å². The van der Waals surface area contributed by atoms with E-state index in [1.54, 1.807) is 19.9 Å². The lowest BCUT2D eigenvalue weighted by molar-refractivity contribution is -0.162. The van der Waals surface area contributed by atoms with Crippen LogP contribution < -0.4 is 5.32 Å². The highest BCUT2D eigenvalue weighted by Crippen LogP contribution is 2.56. The number of hydrogen-bond acceptors (Lipinski definition) is 5. The molecule has 1 aliphatic heterocycles. The van der Waals surface area contributed by atoms with Crippen molar-refractivity contribution in [2.75, 3.05) is 11.9 Å². The van der Waals surface area contributed by atoms with Crippen LogP contribution in [0.3, 0.4) is 0 Å². The molecule has 0 spiro atoms. The van der Waals surface area contributed by atoms with Gasteiger partial charge in [-0.25, -0.2) is 4.79 Å². The second-order valence-electron chi connectivity index (χ2n) is 9.29. The van der Waals surface area contributed by atoms with Crippen LogP contribution in [0.1, 0.15) is 45.6 Å². The van der Waals surface area contributed by atoms with E-state index in [2.05, 4.69) is 5.32 Å². The van der Waals surface area contributed by atoms with Gasteiger partial charge < -0.3 is 10.1 Å². The summed E-state index contributed by atoms with van der Waals surface area (Å²) in [6.45, 7) is 5.10. The second-order valence-corrected chi connectivity index (χ2v) is 9.29. The predicted octanol–water partition coefficient (Wildman–Crippen LogP) is 2.79. The number of nitrogens with one attached hydrogen (secondary N) is 1. The van der Waals surface area contributed by atoms with Gasteiger partial charge in [0.25, 0.3) is 5.91 Å². The number of benzene rings is 1. The number of imide groups is 1. The van der Waals surface area contributed by atoms with Crippen LogP contribution in [0.15, 0.2) is 24.3 Å². The number of fused-ring (bicyclic) bond motifs is 5. The van der Waals surface area contributed by atoms with Gasteiger partial charge in [0.1, 0.15) is 6.04 Å². The molecule has 31 heavy (non-hydrogen) atoms. The number of para-hydroxylation sites is 1. The van der Waals surface area contributed by atoms with Gasteiger partial charge in [0, 0.05) is 5.69 Å². The Bertz CT molecular complexity index is 883. The maximum atomic E-state index is 13.1. The summed E-state index contributed by atoms with van der Waals surface area (Å²) in [5, 5.41) is 2.76. The van der Waals surface area contributed by atoms with Crippen molar-refractivity contribution in [1.29, 1.82) is 0 Å². The fraction of sp³-hybridized carbons (Fsp3) is 0.583. The Morgan fingerprint density at radius 2 is 1.71 bits per heavy atom. The lowest BCUT2D eigenvalue weighted by Crippen LogP contribution is -2.50. The van der Waals surface area contributed by atoms with E-state index in [-0.39, 0.29) is 41.4 Å². The summed E-state index contributed by atoms with van der Waals surface area (Å²) in [6.07, 6.45) is 3.66. The molecule has 7 heteroatoms. The van der Waals surface area contributed by atoms with Crippen LogP contribution in [0.25, 0.3) is 0 Å². The van der Waals surface area contributed by atoms with E-state index in [0.29, 0.717) is 5.69 Å². The van der Waals surface area contributed by atoms with E-state index < -0.39 is 24.5 Å². The molecule has 0 unspecified atom stereocenters. The normalized spacial score (nSPS) is 27.5. The molecule has 2 saturated carbocycles. The third-order valence-electron chi connectivity index (χ3n) is 7.13. The average Bonchev–Trinajstić information content (AvgIpc) is 3.42. The first-order chi connectivity index (χ1) is 14.8. The van der Waals surface area contributed by atoms with Gasteiger partial charge in [-0.1, -0.05) is 39.0 Å². The number of esters is 1. The molecule has 3 amide bonds. The molecular formula is C24H30N2O5. The average molecular weight is 427 g/mol. The summed E-state index contributed by atoms with van der Waals surface area (Å²) in [4.78, 5) is 52.6. The van der Waals surface area contributed by atoms with Crippen molar-refractivity contribution in [1.82, 2.24) is 4.90 Å². The molecule has 3 fully saturated rings. The molecule has 3 aliphatic rings. The quantitative estimate of drug-likeness (QED) is 0.535. The lowest BCUT2D eigenvalue weighted by Gasteiger charge is -2.28. The van der Waals surface area contributed by atoms with E-state index in [1.165, 1.54) is 0 Å². The highest BCUT2D eigenvalue weighted by molar-refractivity contribution is 6.08. The number of aryl methyl sites for hydroxylation is 1. The molecule has 2 bridgehead atoms. The van der Waals surface area contributed by atoms with Gasteiger partial charge >= 0.3 is 5.97 Å². The summed E-state index contributed by atoms with van der Waals surface area (Å²) in [7, 11) is 0. The zero-order chi connectivity index (χ0) is 22.3. The van der Waals surface area contributed by atoms with Gasteiger partial charge in [-0.3, -0.25) is 19.3 Å². The van der Waals surface area contributed by atoms with Gasteiger partial charge in [-0.05, 0) is 55.1 Å². The number of ether oxygens (including phenoxy) is 1. The van der Waals surface area contributed by atoms with Crippen molar-refractivity contribution in [2.24, 2.45) is 29.6 Å². The standard InChI is InChI=1S/C24H30N2O5/c1-4-14-7-5-6-8-17(14)25-18(27)12-31-24(30)21(13(2)3)26-22(28)19-15-9-10-16(11-15)20(19)23(26)29/h5-8,13,15-16,19-21H,4,9-12H2,1-3H3,(H,25,27)/t15-,16-,19-,20-,21-/m0/s1. The first-order valence-electron chi connectivity index (χ1n) is 11.2. The van der Waals surface area contributed by atoms with Gasteiger partial charge in [0.15, 0.2) is 6.61 Å². The largest absolute Gasteiger partial charge is 0.454 e. The van der Waals surface area contributed by atoms with E-state index in [0.717, 1.165) is 36.1 Å². The number of rotatable bonds is 7. The molecule has 1 heterocycles. The Labute approximate surface area is 182 Å². The molecule has 5 atom stereocenters. The minimum absolute atomic E-state index is 0.237. The SMILES string of the molecule is CCc1ccccc1NC(=O)COC(=O)[C@H](C(C)C)N1C(=O)[C@H]2[C@H]3CC[C@@H](C3)[C@@H]2C1=O. The molecule has 0 radical (unpaired) electrons. The summed E-state index contributed by atoms with van der Waals surface area (Å²) < 4.78 is 5.28. The van der Waals surface area contributed by atoms with E-state index >= 15 is 0 Å². The number of anilines is 1. The van der Waals surface area contributed by atoms with E-state index in [4.69, 9.17) is 4.74 Å². The highest BCUT2D eigenvalue weighted by atomic mass is 16.5.